The van der Waals surface area contributed by atoms with E-state index in [9.17, 15) is 32.3 Å². The molecule has 0 atom stereocenters. The summed E-state index contributed by atoms with van der Waals surface area (Å²) < 4.78 is 41.1. The number of carbonyl (C=O) groups is 2. The zero-order valence-corrected chi connectivity index (χ0v) is 21.3. The van der Waals surface area contributed by atoms with Gasteiger partial charge in [0.25, 0.3) is 11.5 Å². The first-order valence-corrected chi connectivity index (χ1v) is 12.9. The summed E-state index contributed by atoms with van der Waals surface area (Å²) in [4.78, 5) is 60.8. The number of halogens is 3. The van der Waals surface area contributed by atoms with E-state index in [1.54, 1.807) is 11.8 Å². The van der Waals surface area contributed by atoms with Gasteiger partial charge in [-0.3, -0.25) is 33.5 Å². The van der Waals surface area contributed by atoms with Crippen LogP contribution in [0.2, 0.25) is 0 Å². The molecule has 0 aliphatic carbocycles. The third-order valence-electron chi connectivity index (χ3n) is 6.68. The molecular weight excluding hydrogens is 527 g/mol. The molecule has 0 saturated carbocycles. The molecule has 10 nitrogen and oxygen atoms in total. The Kier molecular flexibility index (Phi) is 7.99. The lowest BCUT2D eigenvalue weighted by Gasteiger charge is -2.31. The van der Waals surface area contributed by atoms with Crippen molar-refractivity contribution in [1.29, 1.82) is 0 Å². The van der Waals surface area contributed by atoms with Gasteiger partial charge in [-0.2, -0.15) is 13.2 Å². The number of nitrogens with zero attached hydrogens (tertiary/aromatic N) is 5. The van der Waals surface area contributed by atoms with E-state index in [1.807, 2.05) is 0 Å². The molecule has 14 heteroatoms. The van der Waals surface area contributed by atoms with Crippen LogP contribution in [0.1, 0.15) is 46.6 Å². The molecule has 204 valence electrons. The Bertz CT molecular complexity index is 1460. The van der Waals surface area contributed by atoms with Crippen LogP contribution in [0.3, 0.4) is 0 Å². The fourth-order valence-electron chi connectivity index (χ4n) is 4.65. The van der Waals surface area contributed by atoms with Crippen LogP contribution in [0.5, 0.6) is 0 Å². The highest BCUT2D eigenvalue weighted by molar-refractivity contribution is 7.20. The van der Waals surface area contributed by atoms with Crippen molar-refractivity contribution >= 4 is 33.4 Å². The second kappa shape index (κ2) is 11.1. The van der Waals surface area contributed by atoms with Gasteiger partial charge in [0.1, 0.15) is 4.83 Å². The van der Waals surface area contributed by atoms with Crippen LogP contribution >= 0.6 is 11.3 Å². The first-order valence-electron chi connectivity index (χ1n) is 12.1. The number of alkyl halides is 3. The molecule has 1 fully saturated rings. The van der Waals surface area contributed by atoms with E-state index in [4.69, 9.17) is 5.11 Å². The van der Waals surface area contributed by atoms with Gasteiger partial charge in [-0.25, -0.2) is 4.79 Å². The first-order chi connectivity index (χ1) is 18.0. The van der Waals surface area contributed by atoms with Crippen LogP contribution in [-0.4, -0.2) is 60.3 Å². The summed E-state index contributed by atoms with van der Waals surface area (Å²) in [5.74, 6) is -1.34. The Labute approximate surface area is 218 Å². The van der Waals surface area contributed by atoms with E-state index >= 15 is 0 Å². The highest BCUT2D eigenvalue weighted by Gasteiger charge is 2.31. The van der Waals surface area contributed by atoms with Gasteiger partial charge in [-0.15, -0.1) is 11.3 Å². The van der Waals surface area contributed by atoms with E-state index in [1.165, 1.54) is 18.6 Å². The molecule has 0 radical (unpaired) electrons. The number of amides is 1. The van der Waals surface area contributed by atoms with E-state index in [0.29, 0.717) is 37.2 Å². The number of carbonyl (C=O) groups excluding carboxylic acids is 1. The van der Waals surface area contributed by atoms with Crippen molar-refractivity contribution in [3.63, 3.8) is 0 Å². The van der Waals surface area contributed by atoms with E-state index < -0.39 is 42.3 Å². The maximum Gasteiger partial charge on any atom is 0.390 e. The summed E-state index contributed by atoms with van der Waals surface area (Å²) in [6.45, 7) is 1.39. The van der Waals surface area contributed by atoms with Crippen LogP contribution < -0.4 is 11.2 Å². The standard InChI is InChI=1S/C24H26F3N5O5S/c1-14-18-20(35)31(10-4-16-13-28-6-7-29-16)23(37)32(11-5-24(25,26)27)22(18)38-19(14)21(36)30-8-2-15(3-9-30)12-17(33)34/h6-7,13,15H,2-5,8-12H2,1H3,(H,33,34). The maximum atomic E-state index is 13.4. The molecule has 1 aliphatic rings. The van der Waals surface area contributed by atoms with E-state index in [0.717, 1.165) is 20.5 Å². The largest absolute Gasteiger partial charge is 0.481 e. The summed E-state index contributed by atoms with van der Waals surface area (Å²) in [5, 5.41) is 9.06. The predicted molar refractivity (Wildman–Crippen MR) is 132 cm³/mol. The van der Waals surface area contributed by atoms with E-state index in [-0.39, 0.29) is 40.4 Å². The van der Waals surface area contributed by atoms with Gasteiger partial charge in [0, 0.05) is 57.6 Å². The quantitative estimate of drug-likeness (QED) is 0.454. The molecule has 1 amide bonds. The molecule has 0 bridgehead atoms. The molecule has 1 saturated heterocycles. The minimum atomic E-state index is -4.53. The number of aromatic nitrogens is 4. The lowest BCUT2D eigenvalue weighted by Crippen LogP contribution is -2.41. The third-order valence-corrected chi connectivity index (χ3v) is 7.98. The van der Waals surface area contributed by atoms with Gasteiger partial charge in [-0.1, -0.05) is 0 Å². The Hall–Kier alpha value is -3.55. The average Bonchev–Trinajstić information content (AvgIpc) is 3.20. The average molecular weight is 554 g/mol. The molecule has 1 aliphatic heterocycles. The number of aryl methyl sites for hydroxylation is 3. The lowest BCUT2D eigenvalue weighted by atomic mass is 9.93. The first kappa shape index (κ1) is 27.5. The Morgan fingerprint density at radius 1 is 1.13 bits per heavy atom. The molecule has 3 aromatic heterocycles. The number of likely N-dealkylation sites (tertiary alicyclic amines) is 1. The molecule has 38 heavy (non-hydrogen) atoms. The summed E-state index contributed by atoms with van der Waals surface area (Å²) in [5.41, 5.74) is -0.748. The van der Waals surface area contributed by atoms with Gasteiger partial charge in [0.2, 0.25) is 0 Å². The minimum absolute atomic E-state index is 0.0174. The molecule has 0 spiro atoms. The summed E-state index contributed by atoms with van der Waals surface area (Å²) in [6.07, 6.45) is -0.224. The van der Waals surface area contributed by atoms with Gasteiger partial charge in [0.15, 0.2) is 0 Å². The second-order valence-corrected chi connectivity index (χ2v) is 10.3. The number of piperidine rings is 1. The van der Waals surface area contributed by atoms with Crippen LogP contribution in [-0.2, 0) is 24.3 Å². The molecule has 0 unspecified atom stereocenters. The fourth-order valence-corrected chi connectivity index (χ4v) is 5.93. The predicted octanol–water partition coefficient (Wildman–Crippen LogP) is 2.85. The Morgan fingerprint density at radius 3 is 2.45 bits per heavy atom. The number of carboxylic acids is 1. The smallest absolute Gasteiger partial charge is 0.390 e. The van der Waals surface area contributed by atoms with Gasteiger partial charge in [-0.05, 0) is 31.2 Å². The number of aliphatic carboxylic acids is 1. The zero-order chi connectivity index (χ0) is 27.6. The molecule has 0 aromatic carbocycles. The Balaban J connectivity index is 1.72. The lowest BCUT2D eigenvalue weighted by molar-refractivity contribution is -0.138. The van der Waals surface area contributed by atoms with Gasteiger partial charge in [0.05, 0.1) is 22.4 Å². The normalized spacial score (nSPS) is 14.8. The van der Waals surface area contributed by atoms with Crippen molar-refractivity contribution in [2.75, 3.05) is 13.1 Å². The molecule has 3 aromatic rings. The second-order valence-electron chi connectivity index (χ2n) is 9.27. The molecular formula is C24H26F3N5O5S. The number of rotatable bonds is 8. The van der Waals surface area contributed by atoms with Crippen LogP contribution in [0, 0.1) is 12.8 Å². The van der Waals surface area contributed by atoms with Crippen molar-refractivity contribution < 1.29 is 27.9 Å². The molecule has 4 heterocycles. The van der Waals surface area contributed by atoms with E-state index in [2.05, 4.69) is 9.97 Å². The zero-order valence-electron chi connectivity index (χ0n) is 20.5. The number of carboxylic acid groups (broad SMARTS) is 1. The summed E-state index contributed by atoms with van der Waals surface area (Å²) in [7, 11) is 0. The van der Waals surface area contributed by atoms with Gasteiger partial charge < -0.3 is 10.0 Å². The Morgan fingerprint density at radius 2 is 1.84 bits per heavy atom. The number of fused-ring (bicyclic) bond motifs is 1. The summed E-state index contributed by atoms with van der Waals surface area (Å²) >= 11 is 0.840. The number of thiophene rings is 1. The fraction of sp³-hybridized carbons (Fsp3) is 0.500. The highest BCUT2D eigenvalue weighted by atomic mass is 32.1. The maximum absolute atomic E-state index is 13.4. The topological polar surface area (TPSA) is 127 Å². The summed E-state index contributed by atoms with van der Waals surface area (Å²) in [6, 6.07) is 0. The highest BCUT2D eigenvalue weighted by Crippen LogP contribution is 2.31. The van der Waals surface area contributed by atoms with Crippen molar-refractivity contribution in [1.82, 2.24) is 24.0 Å². The number of hydrogen-bond acceptors (Lipinski definition) is 7. The van der Waals surface area contributed by atoms with Crippen LogP contribution in [0.15, 0.2) is 28.2 Å². The third kappa shape index (κ3) is 5.95. The van der Waals surface area contributed by atoms with Crippen LogP contribution in [0.4, 0.5) is 13.2 Å². The monoisotopic (exact) mass is 553 g/mol. The molecule has 1 N–H and O–H groups in total. The minimum Gasteiger partial charge on any atom is -0.481 e. The van der Waals surface area contributed by atoms with Crippen molar-refractivity contribution in [2.24, 2.45) is 5.92 Å². The van der Waals surface area contributed by atoms with Crippen molar-refractivity contribution in [2.45, 2.75) is 58.3 Å². The van der Waals surface area contributed by atoms with Crippen molar-refractivity contribution in [3.8, 4) is 0 Å². The van der Waals surface area contributed by atoms with Crippen molar-refractivity contribution in [3.05, 3.63) is 55.6 Å². The number of hydrogen-bond donors (Lipinski definition) is 1. The SMILES string of the molecule is Cc1c(C(=O)N2CCC(CC(=O)O)CC2)sc2c1c(=O)n(CCc1cnccn1)c(=O)n2CCC(F)(F)F. The van der Waals surface area contributed by atoms with Gasteiger partial charge >= 0.3 is 17.8 Å². The molecule has 4 rings (SSSR count). The van der Waals surface area contributed by atoms with Crippen LogP contribution in [0.25, 0.3) is 10.2 Å².